The predicted octanol–water partition coefficient (Wildman–Crippen LogP) is 4.05. The highest BCUT2D eigenvalue weighted by Gasteiger charge is 2.11. The Kier molecular flexibility index (Phi) is 3.88. The Labute approximate surface area is 128 Å². The second-order valence-corrected chi connectivity index (χ2v) is 4.92. The molecule has 0 bridgehead atoms. The second kappa shape index (κ2) is 6.14. The lowest BCUT2D eigenvalue weighted by Crippen LogP contribution is -2.09. The zero-order chi connectivity index (χ0) is 15.4. The monoisotopic (exact) mass is 289 g/mol. The number of phenols is 1. The lowest BCUT2D eigenvalue weighted by molar-refractivity contribution is 0.0957. The van der Waals surface area contributed by atoms with Crippen molar-refractivity contribution in [1.82, 2.24) is 4.57 Å². The molecule has 3 nitrogen and oxygen atoms in total. The first kappa shape index (κ1) is 13.9. The highest BCUT2D eigenvalue weighted by Crippen LogP contribution is 2.18. The molecule has 0 radical (unpaired) electrons. The van der Waals surface area contributed by atoms with Gasteiger partial charge in [-0.25, -0.2) is 0 Å². The second-order valence-electron chi connectivity index (χ2n) is 4.92. The van der Waals surface area contributed by atoms with Gasteiger partial charge in [0.25, 0.3) is 5.91 Å². The van der Waals surface area contributed by atoms with Crippen molar-refractivity contribution in [3.8, 4) is 5.75 Å². The van der Waals surface area contributed by atoms with Crippen LogP contribution in [0.5, 0.6) is 5.75 Å². The minimum Gasteiger partial charge on any atom is -0.507 e. The molecule has 0 aliphatic carbocycles. The van der Waals surface area contributed by atoms with Gasteiger partial charge in [0.1, 0.15) is 5.75 Å². The maximum absolute atomic E-state index is 12.3. The normalized spacial score (nSPS) is 10.9. The largest absolute Gasteiger partial charge is 0.507 e. The Hall–Kier alpha value is -3.07. The molecule has 2 aromatic carbocycles. The van der Waals surface area contributed by atoms with Gasteiger partial charge in [-0.05, 0) is 29.3 Å². The van der Waals surface area contributed by atoms with Gasteiger partial charge in [-0.2, -0.15) is 0 Å². The molecule has 0 saturated heterocycles. The van der Waals surface area contributed by atoms with Crippen molar-refractivity contribution >= 4 is 18.1 Å². The molecule has 3 heteroatoms. The van der Waals surface area contributed by atoms with Gasteiger partial charge in [-0.3, -0.25) is 9.36 Å². The molecule has 0 spiro atoms. The first-order chi connectivity index (χ1) is 10.7. The lowest BCUT2D eigenvalue weighted by atomic mass is 10.2. The van der Waals surface area contributed by atoms with Gasteiger partial charge in [-0.1, -0.05) is 54.6 Å². The van der Waals surface area contributed by atoms with Gasteiger partial charge in [-0.15, -0.1) is 0 Å². The molecule has 3 aromatic rings. The van der Waals surface area contributed by atoms with E-state index in [1.54, 1.807) is 30.6 Å². The smallest absolute Gasteiger partial charge is 0.265 e. The summed E-state index contributed by atoms with van der Waals surface area (Å²) >= 11 is 0. The number of aromatic nitrogens is 1. The molecule has 1 aromatic heterocycles. The van der Waals surface area contributed by atoms with Crippen LogP contribution in [0.3, 0.4) is 0 Å². The van der Waals surface area contributed by atoms with Crippen LogP contribution in [0.2, 0.25) is 0 Å². The third kappa shape index (κ3) is 2.99. The minimum atomic E-state index is -0.252. The maximum Gasteiger partial charge on any atom is 0.265 e. The molecular weight excluding hydrogens is 274 g/mol. The number of para-hydroxylation sites is 1. The predicted molar refractivity (Wildman–Crippen MR) is 87.6 cm³/mol. The zero-order valence-electron chi connectivity index (χ0n) is 11.9. The highest BCUT2D eigenvalue weighted by molar-refractivity contribution is 5.98. The summed E-state index contributed by atoms with van der Waals surface area (Å²) in [6.45, 7) is 0. The average molecular weight is 289 g/mol. The quantitative estimate of drug-likeness (QED) is 0.790. The SMILES string of the molecule is O=C(c1ccccc1O)n1ccc(C=Cc2ccccc2)c1. The first-order valence-electron chi connectivity index (χ1n) is 6.98. The van der Waals surface area contributed by atoms with E-state index in [-0.39, 0.29) is 17.2 Å². The number of phenolic OH excluding ortho intramolecular Hbond substituents is 1. The van der Waals surface area contributed by atoms with Crippen LogP contribution < -0.4 is 0 Å². The number of benzene rings is 2. The van der Waals surface area contributed by atoms with E-state index in [2.05, 4.69) is 0 Å². The number of carbonyl (C=O) groups excluding carboxylic acids is 1. The van der Waals surface area contributed by atoms with Crippen molar-refractivity contribution in [2.45, 2.75) is 0 Å². The first-order valence-corrected chi connectivity index (χ1v) is 6.98. The third-order valence-corrected chi connectivity index (χ3v) is 3.35. The molecule has 0 aliphatic heterocycles. The molecule has 0 unspecified atom stereocenters. The summed E-state index contributed by atoms with van der Waals surface area (Å²) < 4.78 is 1.47. The van der Waals surface area contributed by atoms with E-state index in [4.69, 9.17) is 0 Å². The standard InChI is InChI=1S/C19H15NO2/c21-18-9-5-4-8-17(18)19(22)20-13-12-16(14-20)11-10-15-6-2-1-3-7-15/h1-14,21H. The summed E-state index contributed by atoms with van der Waals surface area (Å²) in [7, 11) is 0. The Bertz CT molecular complexity index is 816. The van der Waals surface area contributed by atoms with Crippen LogP contribution in [-0.4, -0.2) is 15.6 Å². The molecule has 0 saturated carbocycles. The van der Waals surface area contributed by atoms with Gasteiger partial charge in [0.15, 0.2) is 0 Å². The number of hydrogen-bond donors (Lipinski definition) is 1. The number of nitrogens with zero attached hydrogens (tertiary/aromatic N) is 1. The zero-order valence-corrected chi connectivity index (χ0v) is 11.9. The van der Waals surface area contributed by atoms with Gasteiger partial charge in [0, 0.05) is 12.4 Å². The summed E-state index contributed by atoms with van der Waals surface area (Å²) in [5, 5.41) is 9.75. The van der Waals surface area contributed by atoms with Gasteiger partial charge >= 0.3 is 0 Å². The van der Waals surface area contributed by atoms with Crippen LogP contribution in [0.25, 0.3) is 12.2 Å². The average Bonchev–Trinajstić information content (AvgIpc) is 3.03. The number of rotatable bonds is 3. The molecule has 3 rings (SSSR count). The molecule has 22 heavy (non-hydrogen) atoms. The van der Waals surface area contributed by atoms with Crippen LogP contribution in [0.4, 0.5) is 0 Å². The van der Waals surface area contributed by atoms with Crippen molar-refractivity contribution < 1.29 is 9.90 Å². The van der Waals surface area contributed by atoms with Crippen LogP contribution in [-0.2, 0) is 0 Å². The number of aromatic hydroxyl groups is 1. The van der Waals surface area contributed by atoms with E-state index in [0.717, 1.165) is 11.1 Å². The Balaban J connectivity index is 1.81. The molecule has 0 aliphatic rings. The topological polar surface area (TPSA) is 42.2 Å². The van der Waals surface area contributed by atoms with Crippen LogP contribution in [0, 0.1) is 0 Å². The Morgan fingerprint density at radius 2 is 1.55 bits per heavy atom. The van der Waals surface area contributed by atoms with E-state index in [0.29, 0.717) is 0 Å². The molecule has 108 valence electrons. The summed E-state index contributed by atoms with van der Waals surface area (Å²) in [5.41, 5.74) is 2.31. The lowest BCUT2D eigenvalue weighted by Gasteiger charge is -2.03. The maximum atomic E-state index is 12.3. The van der Waals surface area contributed by atoms with E-state index >= 15 is 0 Å². The van der Waals surface area contributed by atoms with Gasteiger partial charge < -0.3 is 5.11 Å². The molecule has 0 fully saturated rings. The van der Waals surface area contributed by atoms with Crippen LogP contribution >= 0.6 is 0 Å². The number of carbonyl (C=O) groups is 1. The minimum absolute atomic E-state index is 0.0115. The van der Waals surface area contributed by atoms with Crippen molar-refractivity contribution in [3.63, 3.8) is 0 Å². The molecular formula is C19H15NO2. The summed E-state index contributed by atoms with van der Waals surface area (Å²) in [6.07, 6.45) is 7.38. The van der Waals surface area contributed by atoms with Crippen molar-refractivity contribution in [3.05, 3.63) is 89.7 Å². The van der Waals surface area contributed by atoms with Crippen molar-refractivity contribution in [1.29, 1.82) is 0 Å². The van der Waals surface area contributed by atoms with Crippen molar-refractivity contribution in [2.24, 2.45) is 0 Å². The number of hydrogen-bond acceptors (Lipinski definition) is 2. The fourth-order valence-corrected chi connectivity index (χ4v) is 2.19. The highest BCUT2D eigenvalue weighted by atomic mass is 16.3. The molecule has 0 atom stereocenters. The van der Waals surface area contributed by atoms with Gasteiger partial charge in [0.2, 0.25) is 0 Å². The summed E-state index contributed by atoms with van der Waals surface area (Å²) in [5.74, 6) is -0.264. The fourth-order valence-electron chi connectivity index (χ4n) is 2.19. The molecule has 1 N–H and O–H groups in total. The van der Waals surface area contributed by atoms with E-state index < -0.39 is 0 Å². The molecule has 1 heterocycles. The van der Waals surface area contributed by atoms with Crippen LogP contribution in [0.1, 0.15) is 21.5 Å². The third-order valence-electron chi connectivity index (χ3n) is 3.35. The summed E-state index contributed by atoms with van der Waals surface area (Å²) in [4.78, 5) is 12.3. The fraction of sp³-hybridized carbons (Fsp3) is 0. The van der Waals surface area contributed by atoms with Gasteiger partial charge in [0.05, 0.1) is 5.56 Å². The van der Waals surface area contributed by atoms with Crippen molar-refractivity contribution in [2.75, 3.05) is 0 Å². The van der Waals surface area contributed by atoms with E-state index in [1.165, 1.54) is 10.6 Å². The Morgan fingerprint density at radius 1 is 0.864 bits per heavy atom. The molecule has 0 amide bonds. The van der Waals surface area contributed by atoms with E-state index in [9.17, 15) is 9.90 Å². The van der Waals surface area contributed by atoms with Crippen LogP contribution in [0.15, 0.2) is 73.1 Å². The Morgan fingerprint density at radius 3 is 2.32 bits per heavy atom. The summed E-state index contributed by atoms with van der Waals surface area (Å²) in [6, 6.07) is 18.4. The van der Waals surface area contributed by atoms with E-state index in [1.807, 2.05) is 48.6 Å².